The number of aliphatic hydroxyl groups excluding tert-OH is 1. The number of benzene rings is 1. The summed E-state index contributed by atoms with van der Waals surface area (Å²) in [5.74, 6) is -0.241. The fourth-order valence-corrected chi connectivity index (χ4v) is 1.81. The van der Waals surface area contributed by atoms with E-state index in [0.29, 0.717) is 13.1 Å². The molecule has 0 amide bonds. The Labute approximate surface area is 115 Å². The lowest BCUT2D eigenvalue weighted by molar-refractivity contribution is 0.166. The average molecular weight is 268 g/mol. The molecule has 3 nitrogen and oxygen atoms in total. The highest BCUT2D eigenvalue weighted by Crippen LogP contribution is 2.15. The van der Waals surface area contributed by atoms with Crippen LogP contribution in [0.3, 0.4) is 0 Å². The fraction of sp³-hybridized carbons (Fsp3) is 0.600. The molecule has 0 aromatic heterocycles. The molecule has 0 heterocycles. The number of nitrogens with zero attached hydrogens (tertiary/aromatic N) is 1. The summed E-state index contributed by atoms with van der Waals surface area (Å²) in [6.45, 7) is 10.1. The largest absolute Gasteiger partial charge is 0.390 e. The zero-order valence-electron chi connectivity index (χ0n) is 12.3. The van der Waals surface area contributed by atoms with E-state index < -0.39 is 6.10 Å². The molecule has 0 bridgehead atoms. The lowest BCUT2D eigenvalue weighted by Crippen LogP contribution is -2.44. The number of nitrogens with one attached hydrogen (secondary N) is 1. The van der Waals surface area contributed by atoms with Gasteiger partial charge in [0.2, 0.25) is 0 Å². The summed E-state index contributed by atoms with van der Waals surface area (Å²) >= 11 is 0. The molecule has 1 aromatic rings. The molecule has 2 N–H and O–H groups in total. The van der Waals surface area contributed by atoms with Crippen LogP contribution in [-0.2, 0) is 0 Å². The first kappa shape index (κ1) is 15.9. The maximum absolute atomic E-state index is 12.9. The van der Waals surface area contributed by atoms with E-state index in [1.54, 1.807) is 12.1 Å². The maximum atomic E-state index is 12.9. The lowest BCUT2D eigenvalue weighted by Gasteiger charge is -2.28. The molecule has 0 aliphatic rings. The highest BCUT2D eigenvalue weighted by atomic mass is 19.1. The quantitative estimate of drug-likeness (QED) is 0.831. The Bertz CT molecular complexity index is 373. The molecule has 0 saturated carbocycles. The van der Waals surface area contributed by atoms with Crippen molar-refractivity contribution in [2.45, 2.75) is 39.3 Å². The van der Waals surface area contributed by atoms with E-state index in [1.807, 2.05) is 11.8 Å². The smallest absolute Gasteiger partial charge is 0.123 e. The minimum atomic E-state index is -0.454. The van der Waals surface area contributed by atoms with Crippen LogP contribution in [0.25, 0.3) is 0 Å². The Morgan fingerprint density at radius 2 is 1.84 bits per heavy atom. The number of anilines is 1. The van der Waals surface area contributed by atoms with Crippen molar-refractivity contribution in [3.63, 3.8) is 0 Å². The number of β-amino-alcohol motifs (C(OH)–C–C–N with tert-alkyl or cyclic N) is 1. The number of halogens is 1. The van der Waals surface area contributed by atoms with E-state index in [9.17, 15) is 9.50 Å². The van der Waals surface area contributed by atoms with Crippen LogP contribution in [0.2, 0.25) is 0 Å². The Kier molecular flexibility index (Phi) is 5.76. The van der Waals surface area contributed by atoms with Crippen LogP contribution in [0, 0.1) is 5.82 Å². The van der Waals surface area contributed by atoms with E-state index in [4.69, 9.17) is 0 Å². The van der Waals surface area contributed by atoms with Gasteiger partial charge in [-0.2, -0.15) is 0 Å². The number of hydrogen-bond acceptors (Lipinski definition) is 3. The first-order valence-electron chi connectivity index (χ1n) is 6.75. The Morgan fingerprint density at radius 1 is 1.26 bits per heavy atom. The third-order valence-corrected chi connectivity index (χ3v) is 2.87. The fourth-order valence-electron chi connectivity index (χ4n) is 1.81. The second-order valence-corrected chi connectivity index (χ2v) is 5.80. The molecule has 1 unspecified atom stereocenters. The molecule has 4 heteroatoms. The molecule has 1 aromatic carbocycles. The summed E-state index contributed by atoms with van der Waals surface area (Å²) in [7, 11) is 0. The van der Waals surface area contributed by atoms with Crippen molar-refractivity contribution in [2.24, 2.45) is 0 Å². The van der Waals surface area contributed by atoms with Crippen molar-refractivity contribution in [2.75, 3.05) is 24.5 Å². The average Bonchev–Trinajstić information content (AvgIpc) is 2.34. The summed E-state index contributed by atoms with van der Waals surface area (Å²) < 4.78 is 12.9. The molecule has 0 spiro atoms. The van der Waals surface area contributed by atoms with Gasteiger partial charge in [-0.05, 0) is 52.0 Å². The van der Waals surface area contributed by atoms with E-state index in [-0.39, 0.29) is 11.4 Å². The van der Waals surface area contributed by atoms with Gasteiger partial charge in [0.15, 0.2) is 0 Å². The monoisotopic (exact) mass is 268 g/mol. The Morgan fingerprint density at radius 3 is 2.32 bits per heavy atom. The second kappa shape index (κ2) is 6.87. The normalized spacial score (nSPS) is 13.4. The van der Waals surface area contributed by atoms with Crippen LogP contribution >= 0.6 is 0 Å². The van der Waals surface area contributed by atoms with Crippen LogP contribution in [0.5, 0.6) is 0 Å². The van der Waals surface area contributed by atoms with Gasteiger partial charge in [0.25, 0.3) is 0 Å². The SMILES string of the molecule is CCN(CC(O)CNC(C)(C)C)c1ccc(F)cc1. The molecule has 1 atom stereocenters. The number of rotatable bonds is 6. The highest BCUT2D eigenvalue weighted by Gasteiger charge is 2.15. The molecule has 0 aliphatic carbocycles. The third-order valence-electron chi connectivity index (χ3n) is 2.87. The number of aliphatic hydroxyl groups is 1. The van der Waals surface area contributed by atoms with Crippen molar-refractivity contribution in [1.29, 1.82) is 0 Å². The third kappa shape index (κ3) is 6.03. The van der Waals surface area contributed by atoms with Gasteiger partial charge in [0, 0.05) is 30.9 Å². The first-order chi connectivity index (χ1) is 8.81. The zero-order chi connectivity index (χ0) is 14.5. The van der Waals surface area contributed by atoms with Crippen molar-refractivity contribution < 1.29 is 9.50 Å². The van der Waals surface area contributed by atoms with Crippen LogP contribution < -0.4 is 10.2 Å². The second-order valence-electron chi connectivity index (χ2n) is 5.80. The van der Waals surface area contributed by atoms with Gasteiger partial charge < -0.3 is 15.3 Å². The topological polar surface area (TPSA) is 35.5 Å². The minimum Gasteiger partial charge on any atom is -0.390 e. The lowest BCUT2D eigenvalue weighted by atomic mass is 10.1. The van der Waals surface area contributed by atoms with Crippen LogP contribution in [0.4, 0.5) is 10.1 Å². The highest BCUT2D eigenvalue weighted by molar-refractivity contribution is 5.46. The summed E-state index contributed by atoms with van der Waals surface area (Å²) in [5.41, 5.74) is 0.923. The number of hydrogen-bond donors (Lipinski definition) is 2. The van der Waals surface area contributed by atoms with Crippen LogP contribution in [-0.4, -0.2) is 36.4 Å². The van der Waals surface area contributed by atoms with Gasteiger partial charge in [-0.25, -0.2) is 4.39 Å². The maximum Gasteiger partial charge on any atom is 0.123 e. The van der Waals surface area contributed by atoms with Gasteiger partial charge in [0.1, 0.15) is 5.82 Å². The van der Waals surface area contributed by atoms with E-state index in [2.05, 4.69) is 26.1 Å². The molecular formula is C15H25FN2O. The summed E-state index contributed by atoms with van der Waals surface area (Å²) in [5, 5.41) is 13.3. The van der Waals surface area contributed by atoms with E-state index in [0.717, 1.165) is 12.2 Å². The van der Waals surface area contributed by atoms with Crippen LogP contribution in [0.15, 0.2) is 24.3 Å². The van der Waals surface area contributed by atoms with Gasteiger partial charge in [-0.3, -0.25) is 0 Å². The molecule has 0 fully saturated rings. The zero-order valence-corrected chi connectivity index (χ0v) is 12.3. The summed E-state index contributed by atoms with van der Waals surface area (Å²) in [4.78, 5) is 2.04. The predicted octanol–water partition coefficient (Wildman–Crippen LogP) is 2.40. The molecule has 0 saturated heterocycles. The van der Waals surface area contributed by atoms with Crippen molar-refractivity contribution in [3.8, 4) is 0 Å². The van der Waals surface area contributed by atoms with Crippen molar-refractivity contribution in [1.82, 2.24) is 5.32 Å². The van der Waals surface area contributed by atoms with Gasteiger partial charge >= 0.3 is 0 Å². The van der Waals surface area contributed by atoms with Crippen molar-refractivity contribution in [3.05, 3.63) is 30.1 Å². The molecule has 19 heavy (non-hydrogen) atoms. The van der Waals surface area contributed by atoms with Gasteiger partial charge in [-0.15, -0.1) is 0 Å². The molecular weight excluding hydrogens is 243 g/mol. The Hall–Kier alpha value is -1.13. The number of likely N-dealkylation sites (N-methyl/N-ethyl adjacent to an activating group) is 1. The Balaban J connectivity index is 2.54. The molecule has 1 rings (SSSR count). The summed E-state index contributed by atoms with van der Waals surface area (Å²) in [6, 6.07) is 6.36. The molecule has 0 aliphatic heterocycles. The van der Waals surface area contributed by atoms with Gasteiger partial charge in [-0.1, -0.05) is 0 Å². The standard InChI is InChI=1S/C15H25FN2O/c1-5-18(13-8-6-12(16)7-9-13)11-14(19)10-17-15(2,3)4/h6-9,14,17,19H,5,10-11H2,1-4H3. The van der Waals surface area contributed by atoms with Gasteiger partial charge in [0.05, 0.1) is 6.10 Å². The first-order valence-corrected chi connectivity index (χ1v) is 6.75. The van der Waals surface area contributed by atoms with E-state index >= 15 is 0 Å². The molecule has 108 valence electrons. The minimum absolute atomic E-state index is 0.00605. The summed E-state index contributed by atoms with van der Waals surface area (Å²) in [6.07, 6.45) is -0.454. The van der Waals surface area contributed by atoms with E-state index in [1.165, 1.54) is 12.1 Å². The molecule has 0 radical (unpaired) electrons. The van der Waals surface area contributed by atoms with Crippen LogP contribution in [0.1, 0.15) is 27.7 Å². The van der Waals surface area contributed by atoms with Crippen molar-refractivity contribution >= 4 is 5.69 Å². The predicted molar refractivity (Wildman–Crippen MR) is 78.0 cm³/mol.